The van der Waals surface area contributed by atoms with Crippen LogP contribution >= 0.6 is 0 Å². The highest BCUT2D eigenvalue weighted by molar-refractivity contribution is 5.97. The maximum atomic E-state index is 13.2. The van der Waals surface area contributed by atoms with Crippen LogP contribution < -0.4 is 5.32 Å². The van der Waals surface area contributed by atoms with E-state index in [1.807, 2.05) is 30.0 Å². The number of nitrogens with one attached hydrogen (secondary N) is 2. The molecule has 30 heavy (non-hydrogen) atoms. The van der Waals surface area contributed by atoms with Crippen molar-refractivity contribution in [3.8, 4) is 0 Å². The number of carbonyl (C=O) groups excluding carboxylic acids is 1. The van der Waals surface area contributed by atoms with E-state index in [1.165, 1.54) is 18.5 Å². The van der Waals surface area contributed by atoms with Gasteiger partial charge in [-0.1, -0.05) is 5.16 Å². The molecule has 0 spiro atoms. The number of amides is 1. The highest BCUT2D eigenvalue weighted by atomic mass is 16.5. The van der Waals surface area contributed by atoms with Gasteiger partial charge in [0.1, 0.15) is 5.69 Å². The van der Waals surface area contributed by atoms with E-state index in [2.05, 4.69) is 32.6 Å². The van der Waals surface area contributed by atoms with E-state index in [4.69, 9.17) is 4.52 Å². The van der Waals surface area contributed by atoms with E-state index in [9.17, 15) is 4.79 Å². The number of aromatic nitrogens is 3. The van der Waals surface area contributed by atoms with Crippen molar-refractivity contribution < 1.29 is 9.32 Å². The van der Waals surface area contributed by atoms with E-state index in [1.54, 1.807) is 6.20 Å². The number of likely N-dealkylation sites (N-methyl/N-ethyl adjacent to an activating group) is 1. The highest BCUT2D eigenvalue weighted by Gasteiger charge is 2.28. The van der Waals surface area contributed by atoms with Crippen LogP contribution in [0.4, 0.5) is 0 Å². The minimum absolute atomic E-state index is 0.0160. The fourth-order valence-electron chi connectivity index (χ4n) is 4.23. The third kappa shape index (κ3) is 3.84. The largest absolute Gasteiger partial charge is 0.381 e. The third-order valence-electron chi connectivity index (χ3n) is 6.02. The second kappa shape index (κ2) is 7.97. The molecule has 2 N–H and O–H groups in total. The lowest BCUT2D eigenvalue weighted by atomic mass is 9.98. The molecule has 5 rings (SSSR count). The Hall–Kier alpha value is -3.09. The Balaban J connectivity index is 1.27. The predicted octanol–water partition coefficient (Wildman–Crippen LogP) is 4.12. The molecule has 1 saturated carbocycles. The van der Waals surface area contributed by atoms with E-state index >= 15 is 0 Å². The zero-order valence-electron chi connectivity index (χ0n) is 17.2. The molecular weight excluding hydrogens is 378 g/mol. The van der Waals surface area contributed by atoms with E-state index in [-0.39, 0.29) is 11.9 Å². The van der Waals surface area contributed by atoms with Crippen LogP contribution in [0.1, 0.15) is 66.9 Å². The third-order valence-corrected chi connectivity index (χ3v) is 6.02. The smallest absolute Gasteiger partial charge is 0.270 e. The van der Waals surface area contributed by atoms with Gasteiger partial charge in [0.15, 0.2) is 5.76 Å². The van der Waals surface area contributed by atoms with Crippen LogP contribution in [0.3, 0.4) is 0 Å². The molecular formula is C23H27N5O2. The second-order valence-electron chi connectivity index (χ2n) is 8.21. The Bertz CT molecular complexity index is 1050. The van der Waals surface area contributed by atoms with Gasteiger partial charge in [-0.05, 0) is 63.3 Å². The zero-order chi connectivity index (χ0) is 20.5. The maximum Gasteiger partial charge on any atom is 0.270 e. The number of aromatic amines is 1. The number of fused-ring (bicyclic) bond motifs is 1. The van der Waals surface area contributed by atoms with Crippen LogP contribution in [0.15, 0.2) is 46.8 Å². The lowest BCUT2D eigenvalue weighted by Gasteiger charge is -2.32. The molecule has 2 aliphatic rings. The second-order valence-corrected chi connectivity index (χ2v) is 8.21. The van der Waals surface area contributed by atoms with Crippen molar-refractivity contribution in [3.05, 3.63) is 59.4 Å². The van der Waals surface area contributed by atoms with Crippen LogP contribution in [-0.2, 0) is 6.54 Å². The molecule has 0 aliphatic heterocycles. The average Bonchev–Trinajstić information content (AvgIpc) is 3.35. The number of allylic oxidation sites excluding steroid dienone is 1. The number of rotatable bonds is 7. The summed E-state index contributed by atoms with van der Waals surface area (Å²) in [5.41, 5.74) is 4.54. The summed E-state index contributed by atoms with van der Waals surface area (Å²) in [6.07, 6.45) is 9.39. The van der Waals surface area contributed by atoms with Gasteiger partial charge in [0, 0.05) is 30.4 Å². The van der Waals surface area contributed by atoms with Gasteiger partial charge in [0.25, 0.3) is 5.91 Å². The molecule has 7 heteroatoms. The molecule has 2 aliphatic carbocycles. The molecule has 3 aromatic heterocycles. The molecule has 0 radical (unpaired) electrons. The highest BCUT2D eigenvalue weighted by Crippen LogP contribution is 2.39. The molecule has 3 aromatic rings. The van der Waals surface area contributed by atoms with E-state index in [0.29, 0.717) is 24.7 Å². The van der Waals surface area contributed by atoms with Crippen molar-refractivity contribution in [3.63, 3.8) is 0 Å². The van der Waals surface area contributed by atoms with Crippen LogP contribution in [-0.4, -0.2) is 38.5 Å². The van der Waals surface area contributed by atoms with Gasteiger partial charge in [-0.15, -0.1) is 0 Å². The monoisotopic (exact) mass is 405 g/mol. The minimum atomic E-state index is 0.0160. The van der Waals surface area contributed by atoms with Gasteiger partial charge in [0.2, 0.25) is 0 Å². The van der Waals surface area contributed by atoms with Crippen LogP contribution in [0.25, 0.3) is 11.0 Å². The Morgan fingerprint density at radius 3 is 3.03 bits per heavy atom. The van der Waals surface area contributed by atoms with Crippen molar-refractivity contribution in [1.29, 1.82) is 0 Å². The van der Waals surface area contributed by atoms with Crippen molar-refractivity contribution in [2.24, 2.45) is 0 Å². The van der Waals surface area contributed by atoms with E-state index < -0.39 is 0 Å². The molecule has 3 heterocycles. The van der Waals surface area contributed by atoms with Crippen molar-refractivity contribution in [2.45, 2.75) is 57.5 Å². The molecule has 156 valence electrons. The topological polar surface area (TPSA) is 87.0 Å². The van der Waals surface area contributed by atoms with Crippen molar-refractivity contribution in [2.75, 3.05) is 6.54 Å². The van der Waals surface area contributed by atoms with E-state index in [0.717, 1.165) is 41.8 Å². The summed E-state index contributed by atoms with van der Waals surface area (Å²) in [6, 6.07) is 7.80. The SMILES string of the molecule is CCN(C(=O)c1cc2ncccc2[nH]1)[C@@H]1C=C(NCc2cc(C3CC3)no2)CCC1. The predicted molar refractivity (Wildman–Crippen MR) is 114 cm³/mol. The van der Waals surface area contributed by atoms with Crippen LogP contribution in [0.5, 0.6) is 0 Å². The number of pyridine rings is 1. The maximum absolute atomic E-state index is 13.2. The summed E-state index contributed by atoms with van der Waals surface area (Å²) in [4.78, 5) is 22.7. The van der Waals surface area contributed by atoms with Gasteiger partial charge in [-0.25, -0.2) is 0 Å². The minimum Gasteiger partial charge on any atom is -0.381 e. The van der Waals surface area contributed by atoms with Crippen molar-refractivity contribution in [1.82, 2.24) is 25.3 Å². The fraction of sp³-hybridized carbons (Fsp3) is 0.435. The average molecular weight is 406 g/mol. The number of H-pyrrole nitrogens is 1. The zero-order valence-corrected chi connectivity index (χ0v) is 17.2. The summed E-state index contributed by atoms with van der Waals surface area (Å²) < 4.78 is 5.46. The first-order valence-electron chi connectivity index (χ1n) is 10.9. The number of carbonyl (C=O) groups is 1. The molecule has 0 bridgehead atoms. The fourth-order valence-corrected chi connectivity index (χ4v) is 4.23. The van der Waals surface area contributed by atoms with Gasteiger partial charge in [-0.2, -0.15) is 0 Å². The van der Waals surface area contributed by atoms with Crippen molar-refractivity contribution >= 4 is 16.9 Å². The Morgan fingerprint density at radius 1 is 1.33 bits per heavy atom. The number of hydrogen-bond donors (Lipinski definition) is 2. The quantitative estimate of drug-likeness (QED) is 0.617. The van der Waals surface area contributed by atoms with Crippen LogP contribution in [0, 0.1) is 0 Å². The first-order chi connectivity index (χ1) is 14.7. The molecule has 0 saturated heterocycles. The lowest BCUT2D eigenvalue weighted by Crippen LogP contribution is -2.41. The first-order valence-corrected chi connectivity index (χ1v) is 10.9. The standard InChI is InChI=1S/C23H27N5O2/c1-2-28(23(29)22-13-21-19(26-22)7-4-10-24-21)17-6-3-5-16(11-17)25-14-18-12-20(27-30-18)15-8-9-15/h4,7,10-13,15,17,25-26H,2-3,5-6,8-9,14H2,1H3/t17-/m0/s1. The first kappa shape index (κ1) is 18.9. The summed E-state index contributed by atoms with van der Waals surface area (Å²) in [6.45, 7) is 3.32. The molecule has 1 atom stereocenters. The van der Waals surface area contributed by atoms with Gasteiger partial charge < -0.3 is 19.7 Å². The summed E-state index contributed by atoms with van der Waals surface area (Å²) in [7, 11) is 0. The summed E-state index contributed by atoms with van der Waals surface area (Å²) >= 11 is 0. The lowest BCUT2D eigenvalue weighted by molar-refractivity contribution is 0.0706. The Kier molecular flexibility index (Phi) is 5.02. The molecule has 0 aromatic carbocycles. The molecule has 1 fully saturated rings. The summed E-state index contributed by atoms with van der Waals surface area (Å²) in [5.74, 6) is 1.49. The van der Waals surface area contributed by atoms with Gasteiger partial charge >= 0.3 is 0 Å². The molecule has 0 unspecified atom stereocenters. The van der Waals surface area contributed by atoms with Gasteiger partial charge in [0.05, 0.1) is 29.3 Å². The number of hydrogen-bond acceptors (Lipinski definition) is 5. The molecule has 7 nitrogen and oxygen atoms in total. The van der Waals surface area contributed by atoms with Crippen LogP contribution in [0.2, 0.25) is 0 Å². The normalized spacial score (nSPS) is 19.0. The summed E-state index contributed by atoms with van der Waals surface area (Å²) in [5, 5.41) is 7.67. The Morgan fingerprint density at radius 2 is 2.23 bits per heavy atom. The Labute approximate surface area is 175 Å². The van der Waals surface area contributed by atoms with Gasteiger partial charge in [-0.3, -0.25) is 9.78 Å². The molecule has 1 amide bonds. The number of nitrogens with zero attached hydrogens (tertiary/aromatic N) is 3.